The van der Waals surface area contributed by atoms with E-state index in [9.17, 15) is 4.79 Å². The third kappa shape index (κ3) is 3.77. The summed E-state index contributed by atoms with van der Waals surface area (Å²) in [5, 5.41) is 1.09. The van der Waals surface area contributed by atoms with Gasteiger partial charge in [0.15, 0.2) is 0 Å². The Morgan fingerprint density at radius 1 is 1.13 bits per heavy atom. The molecule has 0 aliphatic carbocycles. The van der Waals surface area contributed by atoms with Gasteiger partial charge in [-0.3, -0.25) is 4.79 Å². The molecule has 2 aromatic carbocycles. The number of benzene rings is 2. The zero-order chi connectivity index (χ0) is 16.1. The summed E-state index contributed by atoms with van der Waals surface area (Å²) in [5.41, 5.74) is 3.11. The maximum Gasteiger partial charge on any atom is 0.315 e. The van der Waals surface area contributed by atoms with Gasteiger partial charge in [-0.15, -0.1) is 11.8 Å². The van der Waals surface area contributed by atoms with E-state index in [0.717, 1.165) is 33.6 Å². The van der Waals surface area contributed by atoms with Gasteiger partial charge in [-0.05, 0) is 24.6 Å². The van der Waals surface area contributed by atoms with Gasteiger partial charge in [-0.2, -0.15) is 0 Å². The van der Waals surface area contributed by atoms with Gasteiger partial charge in [0.2, 0.25) is 0 Å². The molecule has 0 aliphatic rings. The first-order chi connectivity index (χ1) is 11.3. The van der Waals surface area contributed by atoms with Crippen LogP contribution in [-0.4, -0.2) is 18.3 Å². The lowest BCUT2D eigenvalue weighted by atomic mass is 10.1. The van der Waals surface area contributed by atoms with Crippen molar-refractivity contribution >= 4 is 28.7 Å². The molecule has 0 bridgehead atoms. The van der Waals surface area contributed by atoms with Crippen molar-refractivity contribution in [2.24, 2.45) is 0 Å². The number of hydrogen-bond acceptors (Lipinski definition) is 4. The molecule has 4 heteroatoms. The summed E-state index contributed by atoms with van der Waals surface area (Å²) in [6.45, 7) is 2.24. The minimum atomic E-state index is -0.168. The Kier molecular flexibility index (Phi) is 5.03. The fourth-order valence-corrected chi connectivity index (χ4v) is 3.27. The Labute approximate surface area is 139 Å². The molecule has 118 valence electrons. The van der Waals surface area contributed by atoms with E-state index in [4.69, 9.17) is 9.15 Å². The first kappa shape index (κ1) is 15.7. The summed E-state index contributed by atoms with van der Waals surface area (Å²) in [6, 6.07) is 18.2. The molecule has 3 rings (SSSR count). The van der Waals surface area contributed by atoms with Crippen LogP contribution >= 0.6 is 11.8 Å². The SMILES string of the molecule is CCOC(=O)CSCc1ccccc1-c1cc2ccccc2o1. The topological polar surface area (TPSA) is 39.4 Å². The number of carbonyl (C=O) groups is 1. The molecule has 0 radical (unpaired) electrons. The summed E-state index contributed by atoms with van der Waals surface area (Å²) in [7, 11) is 0. The van der Waals surface area contributed by atoms with Crippen molar-refractivity contribution < 1.29 is 13.9 Å². The van der Waals surface area contributed by atoms with E-state index in [1.54, 1.807) is 11.8 Å². The van der Waals surface area contributed by atoms with E-state index in [0.29, 0.717) is 12.4 Å². The predicted molar refractivity (Wildman–Crippen MR) is 94.4 cm³/mol. The first-order valence-electron chi connectivity index (χ1n) is 7.58. The number of fused-ring (bicyclic) bond motifs is 1. The number of hydrogen-bond donors (Lipinski definition) is 0. The van der Waals surface area contributed by atoms with Crippen LogP contribution in [-0.2, 0) is 15.3 Å². The van der Waals surface area contributed by atoms with Gasteiger partial charge < -0.3 is 9.15 Å². The lowest BCUT2D eigenvalue weighted by Crippen LogP contribution is -2.06. The smallest absolute Gasteiger partial charge is 0.315 e. The number of rotatable bonds is 6. The van der Waals surface area contributed by atoms with Crippen LogP contribution in [0.1, 0.15) is 12.5 Å². The number of para-hydroxylation sites is 1. The maximum absolute atomic E-state index is 11.4. The van der Waals surface area contributed by atoms with Crippen LogP contribution < -0.4 is 0 Å². The van der Waals surface area contributed by atoms with Gasteiger partial charge in [-0.1, -0.05) is 42.5 Å². The molecular formula is C19H18O3S. The largest absolute Gasteiger partial charge is 0.465 e. The highest BCUT2D eigenvalue weighted by molar-refractivity contribution is 7.99. The number of esters is 1. The van der Waals surface area contributed by atoms with Crippen molar-refractivity contribution in [2.45, 2.75) is 12.7 Å². The molecule has 0 amide bonds. The second-order valence-corrected chi connectivity index (χ2v) is 6.09. The zero-order valence-corrected chi connectivity index (χ0v) is 13.8. The molecule has 0 atom stereocenters. The van der Waals surface area contributed by atoms with Crippen LogP contribution in [0.3, 0.4) is 0 Å². The summed E-state index contributed by atoms with van der Waals surface area (Å²) < 4.78 is 10.9. The normalized spacial score (nSPS) is 10.8. The lowest BCUT2D eigenvalue weighted by molar-refractivity contribution is -0.139. The maximum atomic E-state index is 11.4. The van der Waals surface area contributed by atoms with Crippen molar-refractivity contribution in [1.29, 1.82) is 0 Å². The van der Waals surface area contributed by atoms with Crippen LogP contribution in [0.15, 0.2) is 59.0 Å². The quantitative estimate of drug-likeness (QED) is 0.604. The summed E-state index contributed by atoms with van der Waals surface area (Å²) >= 11 is 1.55. The standard InChI is InChI=1S/C19H18O3S/c1-2-21-19(20)13-23-12-15-8-3-5-9-16(15)18-11-14-7-4-6-10-17(14)22-18/h3-11H,2,12-13H2,1H3. The summed E-state index contributed by atoms with van der Waals surface area (Å²) in [4.78, 5) is 11.4. The van der Waals surface area contributed by atoms with Gasteiger partial charge in [0.1, 0.15) is 11.3 Å². The first-order valence-corrected chi connectivity index (χ1v) is 8.73. The highest BCUT2D eigenvalue weighted by atomic mass is 32.2. The van der Waals surface area contributed by atoms with Crippen molar-refractivity contribution in [3.8, 4) is 11.3 Å². The molecule has 0 unspecified atom stereocenters. The Balaban J connectivity index is 1.79. The molecule has 23 heavy (non-hydrogen) atoms. The lowest BCUT2D eigenvalue weighted by Gasteiger charge is -2.07. The molecule has 0 saturated heterocycles. The molecule has 3 aromatic rings. The summed E-state index contributed by atoms with van der Waals surface area (Å²) in [5.74, 6) is 1.80. The Morgan fingerprint density at radius 2 is 1.91 bits per heavy atom. The van der Waals surface area contributed by atoms with Crippen molar-refractivity contribution in [2.75, 3.05) is 12.4 Å². The predicted octanol–water partition coefficient (Wildman–Crippen LogP) is 4.90. The monoisotopic (exact) mass is 326 g/mol. The second-order valence-electron chi connectivity index (χ2n) is 5.10. The van der Waals surface area contributed by atoms with Crippen LogP contribution in [0.5, 0.6) is 0 Å². The van der Waals surface area contributed by atoms with Crippen LogP contribution in [0.2, 0.25) is 0 Å². The van der Waals surface area contributed by atoms with Gasteiger partial charge in [0.05, 0.1) is 12.4 Å². The number of furan rings is 1. The fourth-order valence-electron chi connectivity index (χ4n) is 2.45. The van der Waals surface area contributed by atoms with Gasteiger partial charge in [0.25, 0.3) is 0 Å². The molecule has 0 fully saturated rings. The molecular weight excluding hydrogens is 308 g/mol. The molecule has 0 spiro atoms. The molecule has 0 N–H and O–H groups in total. The number of ether oxygens (including phenoxy) is 1. The van der Waals surface area contributed by atoms with E-state index in [-0.39, 0.29) is 5.97 Å². The molecule has 1 heterocycles. The van der Waals surface area contributed by atoms with Crippen molar-refractivity contribution in [1.82, 2.24) is 0 Å². The molecule has 1 aromatic heterocycles. The second kappa shape index (κ2) is 7.38. The minimum Gasteiger partial charge on any atom is -0.465 e. The highest BCUT2D eigenvalue weighted by Crippen LogP contribution is 2.31. The average molecular weight is 326 g/mol. The zero-order valence-electron chi connectivity index (χ0n) is 13.0. The number of carbonyl (C=O) groups excluding carboxylic acids is 1. The Bertz CT molecular complexity index is 774. The third-order valence-electron chi connectivity index (χ3n) is 3.49. The van der Waals surface area contributed by atoms with E-state index in [2.05, 4.69) is 18.2 Å². The van der Waals surface area contributed by atoms with Crippen molar-refractivity contribution in [3.63, 3.8) is 0 Å². The van der Waals surface area contributed by atoms with Gasteiger partial charge >= 0.3 is 5.97 Å². The Hall–Kier alpha value is -2.20. The average Bonchev–Trinajstić information content (AvgIpc) is 2.99. The van der Waals surface area contributed by atoms with E-state index < -0.39 is 0 Å². The molecule has 0 aliphatic heterocycles. The fraction of sp³-hybridized carbons (Fsp3) is 0.211. The van der Waals surface area contributed by atoms with Gasteiger partial charge in [-0.25, -0.2) is 0 Å². The van der Waals surface area contributed by atoms with E-state index in [1.165, 1.54) is 0 Å². The number of thioether (sulfide) groups is 1. The minimum absolute atomic E-state index is 0.168. The Morgan fingerprint density at radius 3 is 2.74 bits per heavy atom. The third-order valence-corrected chi connectivity index (χ3v) is 4.45. The van der Waals surface area contributed by atoms with Crippen LogP contribution in [0, 0.1) is 0 Å². The van der Waals surface area contributed by atoms with E-state index in [1.807, 2.05) is 43.3 Å². The van der Waals surface area contributed by atoms with Crippen LogP contribution in [0.4, 0.5) is 0 Å². The highest BCUT2D eigenvalue weighted by Gasteiger charge is 2.11. The van der Waals surface area contributed by atoms with Crippen molar-refractivity contribution in [3.05, 3.63) is 60.2 Å². The molecule has 0 saturated carbocycles. The van der Waals surface area contributed by atoms with Crippen LogP contribution in [0.25, 0.3) is 22.3 Å². The summed E-state index contributed by atoms with van der Waals surface area (Å²) in [6.07, 6.45) is 0. The molecule has 3 nitrogen and oxygen atoms in total. The van der Waals surface area contributed by atoms with Gasteiger partial charge in [0, 0.05) is 16.7 Å². The van der Waals surface area contributed by atoms with E-state index >= 15 is 0 Å².